The Hall–Kier alpha value is -1.20. The maximum absolute atomic E-state index is 5.65. The summed E-state index contributed by atoms with van der Waals surface area (Å²) in [5, 5.41) is 0. The van der Waals surface area contributed by atoms with E-state index in [1.165, 1.54) is 6.42 Å². The van der Waals surface area contributed by atoms with Crippen molar-refractivity contribution in [3.8, 4) is 0 Å². The van der Waals surface area contributed by atoms with Crippen LogP contribution in [0.25, 0.3) is 11.0 Å². The number of ether oxygens (including phenoxy) is 1. The highest BCUT2D eigenvalue weighted by molar-refractivity contribution is 7.71. The molecule has 2 aromatic rings. The van der Waals surface area contributed by atoms with E-state index in [4.69, 9.17) is 17.0 Å². The maximum Gasteiger partial charge on any atom is 0.178 e. The molecule has 0 unspecified atom stereocenters. The molecule has 2 heterocycles. The van der Waals surface area contributed by atoms with Crippen molar-refractivity contribution in [2.24, 2.45) is 0 Å². The summed E-state index contributed by atoms with van der Waals surface area (Å²) in [6.07, 6.45) is 7.07. The number of aromatic nitrogens is 3. The Bertz CT molecular complexity index is 592. The maximum atomic E-state index is 5.65. The standard InChI is InChI=1S/C12H15N3OS/c1-16-12(4-2-5-12)8-15-10-3-6-13-7-9(10)14-11(15)17/h3,6-7H,2,4-5,8H2,1H3,(H,14,17). The number of nitrogens with one attached hydrogen (secondary N) is 1. The molecule has 1 saturated carbocycles. The van der Waals surface area contributed by atoms with Crippen molar-refractivity contribution in [2.45, 2.75) is 31.4 Å². The first-order valence-electron chi connectivity index (χ1n) is 5.82. The van der Waals surface area contributed by atoms with E-state index >= 15 is 0 Å². The molecule has 1 aliphatic rings. The van der Waals surface area contributed by atoms with Gasteiger partial charge in [-0.25, -0.2) is 0 Å². The molecule has 1 fully saturated rings. The van der Waals surface area contributed by atoms with Crippen LogP contribution in [0.2, 0.25) is 0 Å². The van der Waals surface area contributed by atoms with Crippen molar-refractivity contribution in [3.63, 3.8) is 0 Å². The molecule has 17 heavy (non-hydrogen) atoms. The van der Waals surface area contributed by atoms with E-state index < -0.39 is 0 Å². The van der Waals surface area contributed by atoms with Gasteiger partial charge in [0, 0.05) is 13.3 Å². The zero-order chi connectivity index (χ0) is 11.9. The monoisotopic (exact) mass is 249 g/mol. The van der Waals surface area contributed by atoms with Crippen LogP contribution in [0, 0.1) is 4.77 Å². The summed E-state index contributed by atoms with van der Waals surface area (Å²) < 4.78 is 8.52. The first-order chi connectivity index (χ1) is 8.24. The largest absolute Gasteiger partial charge is 0.376 e. The van der Waals surface area contributed by atoms with Crippen LogP contribution in [0.15, 0.2) is 18.5 Å². The molecule has 0 amide bonds. The minimum Gasteiger partial charge on any atom is -0.376 e. The summed E-state index contributed by atoms with van der Waals surface area (Å²) >= 11 is 5.36. The molecule has 0 spiro atoms. The quantitative estimate of drug-likeness (QED) is 0.850. The van der Waals surface area contributed by atoms with Crippen LogP contribution in [0.1, 0.15) is 19.3 Å². The Balaban J connectivity index is 2.05. The Kier molecular flexibility index (Phi) is 2.52. The minimum absolute atomic E-state index is 0.0172. The fourth-order valence-electron chi connectivity index (χ4n) is 2.45. The van der Waals surface area contributed by atoms with Gasteiger partial charge in [0.25, 0.3) is 0 Å². The molecule has 0 aromatic carbocycles. The highest BCUT2D eigenvalue weighted by Crippen LogP contribution is 2.37. The molecular weight excluding hydrogens is 234 g/mol. The zero-order valence-electron chi connectivity index (χ0n) is 9.77. The summed E-state index contributed by atoms with van der Waals surface area (Å²) in [5.74, 6) is 0. The molecular formula is C12H15N3OS. The number of hydrogen-bond acceptors (Lipinski definition) is 3. The normalized spacial score (nSPS) is 18.2. The molecule has 0 bridgehead atoms. The lowest BCUT2D eigenvalue weighted by atomic mass is 9.80. The van der Waals surface area contributed by atoms with Crippen LogP contribution in [0.5, 0.6) is 0 Å². The van der Waals surface area contributed by atoms with E-state index in [1.807, 2.05) is 12.3 Å². The number of pyridine rings is 1. The van der Waals surface area contributed by atoms with Gasteiger partial charge in [0.1, 0.15) is 0 Å². The van der Waals surface area contributed by atoms with Gasteiger partial charge in [0.15, 0.2) is 4.77 Å². The Labute approximate surface area is 105 Å². The summed E-state index contributed by atoms with van der Waals surface area (Å²) in [4.78, 5) is 7.28. The molecule has 0 saturated heterocycles. The van der Waals surface area contributed by atoms with E-state index in [2.05, 4.69) is 14.5 Å². The number of rotatable bonds is 3. The topological polar surface area (TPSA) is 42.8 Å². The zero-order valence-corrected chi connectivity index (χ0v) is 10.6. The number of fused-ring (bicyclic) bond motifs is 1. The van der Waals surface area contributed by atoms with Crippen LogP contribution in [-0.4, -0.2) is 27.2 Å². The van der Waals surface area contributed by atoms with E-state index in [0.717, 1.165) is 35.2 Å². The smallest absolute Gasteiger partial charge is 0.178 e. The third-order valence-corrected chi connectivity index (χ3v) is 4.04. The fourth-order valence-corrected chi connectivity index (χ4v) is 2.73. The van der Waals surface area contributed by atoms with Gasteiger partial charge in [-0.2, -0.15) is 0 Å². The second kappa shape index (κ2) is 3.92. The summed E-state index contributed by atoms with van der Waals surface area (Å²) in [7, 11) is 1.79. The van der Waals surface area contributed by atoms with Gasteiger partial charge in [-0.3, -0.25) is 4.98 Å². The Morgan fingerprint density at radius 2 is 2.41 bits per heavy atom. The van der Waals surface area contributed by atoms with Crippen LogP contribution in [-0.2, 0) is 11.3 Å². The molecule has 1 N–H and O–H groups in total. The van der Waals surface area contributed by atoms with Gasteiger partial charge in [-0.05, 0) is 37.5 Å². The van der Waals surface area contributed by atoms with Gasteiger partial charge in [0.2, 0.25) is 0 Å². The average Bonchev–Trinajstić information content (AvgIpc) is 2.60. The van der Waals surface area contributed by atoms with Crippen molar-refractivity contribution in [3.05, 3.63) is 23.2 Å². The lowest BCUT2D eigenvalue weighted by Gasteiger charge is -2.40. The molecule has 4 nitrogen and oxygen atoms in total. The minimum atomic E-state index is -0.0172. The molecule has 0 atom stereocenters. The number of hydrogen-bond donors (Lipinski definition) is 1. The summed E-state index contributed by atoms with van der Waals surface area (Å²) in [6, 6.07) is 1.99. The second-order valence-electron chi connectivity index (χ2n) is 4.65. The SMILES string of the molecule is COC1(Cn2c(=S)[nH]c3cnccc32)CCC1. The predicted molar refractivity (Wildman–Crippen MR) is 68.5 cm³/mol. The predicted octanol–water partition coefficient (Wildman–Crippen LogP) is 2.66. The van der Waals surface area contributed by atoms with Crippen LogP contribution in [0.4, 0.5) is 0 Å². The van der Waals surface area contributed by atoms with E-state index in [9.17, 15) is 0 Å². The Morgan fingerprint density at radius 3 is 3.06 bits per heavy atom. The van der Waals surface area contributed by atoms with Crippen molar-refractivity contribution >= 4 is 23.3 Å². The first-order valence-corrected chi connectivity index (χ1v) is 6.23. The molecule has 90 valence electrons. The molecule has 0 aliphatic heterocycles. The average molecular weight is 249 g/mol. The van der Waals surface area contributed by atoms with Crippen molar-refractivity contribution in [1.82, 2.24) is 14.5 Å². The van der Waals surface area contributed by atoms with E-state index in [0.29, 0.717) is 0 Å². The Morgan fingerprint density at radius 1 is 1.59 bits per heavy atom. The second-order valence-corrected chi connectivity index (χ2v) is 5.04. The fraction of sp³-hybridized carbons (Fsp3) is 0.500. The molecule has 1 aliphatic carbocycles. The van der Waals surface area contributed by atoms with Crippen LogP contribution >= 0.6 is 12.2 Å². The van der Waals surface area contributed by atoms with Gasteiger partial charge in [0.05, 0.1) is 29.4 Å². The summed E-state index contributed by atoms with van der Waals surface area (Å²) in [5.41, 5.74) is 2.08. The van der Waals surface area contributed by atoms with Crippen molar-refractivity contribution in [1.29, 1.82) is 0 Å². The van der Waals surface area contributed by atoms with E-state index in [1.54, 1.807) is 13.3 Å². The lowest BCUT2D eigenvalue weighted by molar-refractivity contribution is -0.0830. The molecule has 2 aromatic heterocycles. The van der Waals surface area contributed by atoms with Crippen molar-refractivity contribution in [2.75, 3.05) is 7.11 Å². The van der Waals surface area contributed by atoms with E-state index in [-0.39, 0.29) is 5.60 Å². The molecule has 0 radical (unpaired) electrons. The highest BCUT2D eigenvalue weighted by atomic mass is 32.1. The first kappa shape index (κ1) is 10.9. The van der Waals surface area contributed by atoms with Crippen LogP contribution < -0.4 is 0 Å². The van der Waals surface area contributed by atoms with Gasteiger partial charge in [-0.15, -0.1) is 0 Å². The number of aromatic amines is 1. The lowest BCUT2D eigenvalue weighted by Crippen LogP contribution is -2.43. The summed E-state index contributed by atoms with van der Waals surface area (Å²) in [6.45, 7) is 0.826. The van der Waals surface area contributed by atoms with Crippen molar-refractivity contribution < 1.29 is 4.74 Å². The molecule has 5 heteroatoms. The van der Waals surface area contributed by atoms with Gasteiger partial charge in [-0.1, -0.05) is 0 Å². The number of H-pyrrole nitrogens is 1. The number of imidazole rings is 1. The third kappa shape index (κ3) is 1.70. The number of nitrogens with zero attached hydrogens (tertiary/aromatic N) is 2. The number of methoxy groups -OCH3 is 1. The third-order valence-electron chi connectivity index (χ3n) is 3.72. The highest BCUT2D eigenvalue weighted by Gasteiger charge is 2.37. The van der Waals surface area contributed by atoms with Crippen LogP contribution in [0.3, 0.4) is 0 Å². The van der Waals surface area contributed by atoms with Gasteiger partial charge >= 0.3 is 0 Å². The molecule has 3 rings (SSSR count). The van der Waals surface area contributed by atoms with Gasteiger partial charge < -0.3 is 14.3 Å².